The Balaban J connectivity index is 1.52. The number of fused-ring (bicyclic) bond motifs is 1. The highest BCUT2D eigenvalue weighted by molar-refractivity contribution is 5.89. The molecule has 0 N–H and O–H groups in total. The van der Waals surface area contributed by atoms with Crippen LogP contribution in [0.1, 0.15) is 17.5 Å². The van der Waals surface area contributed by atoms with Crippen LogP contribution >= 0.6 is 0 Å². The first kappa shape index (κ1) is 20.5. The Morgan fingerprint density at radius 3 is 2.47 bits per heavy atom. The molecule has 4 rings (SSSR count). The summed E-state index contributed by atoms with van der Waals surface area (Å²) in [6, 6.07) is 13.4. The van der Waals surface area contributed by atoms with Crippen LogP contribution in [-0.2, 0) is 22.7 Å². The van der Waals surface area contributed by atoms with Gasteiger partial charge in [-0.25, -0.2) is 8.78 Å². The Bertz CT molecular complexity index is 937. The number of rotatable bonds is 4. The SMILES string of the molecule is CN1C(=O)CN(Cc2ccccc2)C(=O)[C@H]2CN(Cc3ccc(F)c(F)c3)CC[C@H]21. The molecule has 2 aromatic rings. The van der Waals surface area contributed by atoms with Gasteiger partial charge in [0, 0.05) is 39.3 Å². The second kappa shape index (κ2) is 8.52. The molecule has 2 atom stereocenters. The van der Waals surface area contributed by atoms with Crippen LogP contribution in [0.15, 0.2) is 48.5 Å². The molecule has 2 aliphatic heterocycles. The lowest BCUT2D eigenvalue weighted by Gasteiger charge is -2.40. The predicted octanol–water partition coefficient (Wildman–Crippen LogP) is 2.66. The molecule has 0 spiro atoms. The minimum atomic E-state index is -0.868. The summed E-state index contributed by atoms with van der Waals surface area (Å²) in [4.78, 5) is 31.5. The summed E-state index contributed by atoms with van der Waals surface area (Å²) in [6.45, 7) is 2.06. The van der Waals surface area contributed by atoms with Gasteiger partial charge >= 0.3 is 0 Å². The van der Waals surface area contributed by atoms with Crippen LogP contribution in [0.4, 0.5) is 8.78 Å². The first-order chi connectivity index (χ1) is 14.4. The zero-order valence-electron chi connectivity index (χ0n) is 16.9. The van der Waals surface area contributed by atoms with E-state index < -0.39 is 11.6 Å². The summed E-state index contributed by atoms with van der Waals surface area (Å²) in [5.74, 6) is -2.16. The number of carbonyl (C=O) groups excluding carboxylic acids is 2. The van der Waals surface area contributed by atoms with Crippen molar-refractivity contribution in [1.29, 1.82) is 0 Å². The first-order valence-corrected chi connectivity index (χ1v) is 10.2. The molecule has 0 radical (unpaired) electrons. The number of piperidine rings is 1. The molecule has 2 amide bonds. The molecule has 0 aromatic heterocycles. The fourth-order valence-corrected chi connectivity index (χ4v) is 4.46. The molecule has 0 unspecified atom stereocenters. The second-order valence-corrected chi connectivity index (χ2v) is 8.13. The molecule has 0 saturated carbocycles. The third-order valence-electron chi connectivity index (χ3n) is 6.11. The molecule has 2 aromatic carbocycles. The van der Waals surface area contributed by atoms with E-state index in [1.54, 1.807) is 22.9 Å². The summed E-state index contributed by atoms with van der Waals surface area (Å²) in [5.41, 5.74) is 1.65. The normalized spacial score (nSPS) is 22.8. The lowest BCUT2D eigenvalue weighted by Crippen LogP contribution is -2.53. The van der Waals surface area contributed by atoms with Gasteiger partial charge < -0.3 is 9.80 Å². The summed E-state index contributed by atoms with van der Waals surface area (Å²) in [6.07, 6.45) is 0.668. The van der Waals surface area contributed by atoms with Crippen LogP contribution in [-0.4, -0.2) is 59.2 Å². The van der Waals surface area contributed by atoms with Crippen molar-refractivity contribution in [2.24, 2.45) is 5.92 Å². The molecule has 2 fully saturated rings. The molecule has 2 saturated heterocycles. The van der Waals surface area contributed by atoms with Gasteiger partial charge in [0.15, 0.2) is 11.6 Å². The van der Waals surface area contributed by atoms with Crippen molar-refractivity contribution in [3.8, 4) is 0 Å². The molecule has 2 aliphatic rings. The second-order valence-electron chi connectivity index (χ2n) is 8.13. The lowest BCUT2D eigenvalue weighted by atomic mass is 9.90. The van der Waals surface area contributed by atoms with E-state index in [9.17, 15) is 18.4 Å². The summed E-state index contributed by atoms with van der Waals surface area (Å²) in [5, 5.41) is 0. The van der Waals surface area contributed by atoms with Crippen LogP contribution in [0.25, 0.3) is 0 Å². The van der Waals surface area contributed by atoms with Gasteiger partial charge in [0.05, 0.1) is 5.92 Å². The summed E-state index contributed by atoms with van der Waals surface area (Å²) in [7, 11) is 1.77. The smallest absolute Gasteiger partial charge is 0.242 e. The highest BCUT2D eigenvalue weighted by Crippen LogP contribution is 2.28. The Hall–Kier alpha value is -2.80. The standard InChI is InChI=1S/C23H25F2N3O2/c1-26-21-9-10-27(12-17-7-8-19(24)20(25)11-17)14-18(21)23(30)28(15-22(26)29)13-16-5-3-2-4-6-16/h2-8,11,18,21H,9-10,12-15H2,1H3/t18-,21+/m0/s1. The van der Waals surface area contributed by atoms with E-state index in [2.05, 4.69) is 4.90 Å². The molecule has 7 heteroatoms. The number of carbonyl (C=O) groups is 2. The highest BCUT2D eigenvalue weighted by atomic mass is 19.2. The van der Waals surface area contributed by atoms with Crippen molar-refractivity contribution in [2.75, 3.05) is 26.7 Å². The maximum absolute atomic E-state index is 13.6. The molecule has 0 bridgehead atoms. The van der Waals surface area contributed by atoms with E-state index >= 15 is 0 Å². The van der Waals surface area contributed by atoms with Gasteiger partial charge in [-0.1, -0.05) is 36.4 Å². The van der Waals surface area contributed by atoms with E-state index in [4.69, 9.17) is 0 Å². The summed E-state index contributed by atoms with van der Waals surface area (Å²) >= 11 is 0. The molecular weight excluding hydrogens is 388 g/mol. The van der Waals surface area contributed by atoms with Crippen LogP contribution in [0.5, 0.6) is 0 Å². The Labute approximate surface area is 174 Å². The minimum absolute atomic E-state index is 0.0310. The van der Waals surface area contributed by atoms with Gasteiger partial charge in [-0.3, -0.25) is 14.5 Å². The van der Waals surface area contributed by atoms with Gasteiger partial charge in [0.1, 0.15) is 6.54 Å². The number of nitrogens with zero attached hydrogens (tertiary/aromatic N) is 3. The zero-order valence-corrected chi connectivity index (χ0v) is 16.9. The van der Waals surface area contributed by atoms with Crippen LogP contribution in [0.2, 0.25) is 0 Å². The molecule has 30 heavy (non-hydrogen) atoms. The Morgan fingerprint density at radius 1 is 0.967 bits per heavy atom. The van der Waals surface area contributed by atoms with Crippen molar-refractivity contribution in [3.05, 3.63) is 71.3 Å². The number of hydrogen-bond acceptors (Lipinski definition) is 3. The van der Waals surface area contributed by atoms with Gasteiger partial charge in [-0.2, -0.15) is 0 Å². The number of likely N-dealkylation sites (N-methyl/N-ethyl adjacent to an activating group) is 1. The quantitative estimate of drug-likeness (QED) is 0.774. The third-order valence-corrected chi connectivity index (χ3v) is 6.11. The van der Waals surface area contributed by atoms with Crippen molar-refractivity contribution in [1.82, 2.24) is 14.7 Å². The highest BCUT2D eigenvalue weighted by Gasteiger charge is 2.43. The van der Waals surface area contributed by atoms with E-state index in [1.165, 1.54) is 6.07 Å². The van der Waals surface area contributed by atoms with Gasteiger partial charge in [-0.15, -0.1) is 0 Å². The number of amides is 2. The third kappa shape index (κ3) is 4.21. The fraction of sp³-hybridized carbons (Fsp3) is 0.391. The van der Waals surface area contributed by atoms with Gasteiger partial charge in [0.2, 0.25) is 11.8 Å². The van der Waals surface area contributed by atoms with Crippen LogP contribution in [0, 0.1) is 17.6 Å². The maximum atomic E-state index is 13.6. The average Bonchev–Trinajstić information content (AvgIpc) is 2.83. The number of likely N-dealkylation sites (tertiary alicyclic amines) is 1. The maximum Gasteiger partial charge on any atom is 0.242 e. The van der Waals surface area contributed by atoms with Crippen LogP contribution in [0.3, 0.4) is 0 Å². The van der Waals surface area contributed by atoms with Gasteiger partial charge in [0.25, 0.3) is 0 Å². The Kier molecular flexibility index (Phi) is 5.81. The lowest BCUT2D eigenvalue weighted by molar-refractivity contribution is -0.138. The van der Waals surface area contributed by atoms with Crippen molar-refractivity contribution >= 4 is 11.8 Å². The van der Waals surface area contributed by atoms with E-state index in [0.29, 0.717) is 38.2 Å². The number of hydrogen-bond donors (Lipinski definition) is 0. The fourth-order valence-electron chi connectivity index (χ4n) is 4.46. The van der Waals surface area contributed by atoms with Crippen LogP contribution < -0.4 is 0 Å². The molecular formula is C23H25F2N3O2. The first-order valence-electron chi connectivity index (χ1n) is 10.2. The molecule has 2 heterocycles. The molecule has 158 valence electrons. The van der Waals surface area contributed by atoms with Crippen molar-refractivity contribution in [2.45, 2.75) is 25.6 Å². The van der Waals surface area contributed by atoms with Crippen molar-refractivity contribution < 1.29 is 18.4 Å². The minimum Gasteiger partial charge on any atom is -0.340 e. The van der Waals surface area contributed by atoms with E-state index in [0.717, 1.165) is 11.6 Å². The van der Waals surface area contributed by atoms with E-state index in [-0.39, 0.29) is 30.3 Å². The summed E-state index contributed by atoms with van der Waals surface area (Å²) < 4.78 is 26.8. The van der Waals surface area contributed by atoms with Gasteiger partial charge in [-0.05, 0) is 29.7 Å². The molecule has 5 nitrogen and oxygen atoms in total. The predicted molar refractivity (Wildman–Crippen MR) is 108 cm³/mol. The number of halogens is 2. The topological polar surface area (TPSA) is 43.9 Å². The largest absolute Gasteiger partial charge is 0.340 e. The monoisotopic (exact) mass is 413 g/mol. The van der Waals surface area contributed by atoms with E-state index in [1.807, 2.05) is 30.3 Å². The average molecular weight is 413 g/mol. The zero-order chi connectivity index (χ0) is 21.3. The number of benzene rings is 2. The van der Waals surface area contributed by atoms with Crippen molar-refractivity contribution in [3.63, 3.8) is 0 Å². The molecule has 0 aliphatic carbocycles. The Morgan fingerprint density at radius 2 is 1.73 bits per heavy atom.